The van der Waals surface area contributed by atoms with Gasteiger partial charge in [0.15, 0.2) is 5.11 Å². The molecule has 22 heavy (non-hydrogen) atoms. The molecule has 0 aliphatic rings. The zero-order chi connectivity index (χ0) is 16.1. The van der Waals surface area contributed by atoms with E-state index < -0.39 is 0 Å². The molecule has 0 saturated heterocycles. The number of hydrogen-bond acceptors (Lipinski definition) is 2. The first-order chi connectivity index (χ1) is 10.5. The van der Waals surface area contributed by atoms with Gasteiger partial charge >= 0.3 is 0 Å². The zero-order valence-electron chi connectivity index (χ0n) is 13.4. The Morgan fingerprint density at radius 3 is 2.55 bits per heavy atom. The van der Waals surface area contributed by atoms with E-state index in [0.29, 0.717) is 5.11 Å². The van der Waals surface area contributed by atoms with Gasteiger partial charge < -0.3 is 15.4 Å². The maximum atomic E-state index is 5.39. The summed E-state index contributed by atoms with van der Waals surface area (Å²) < 4.78 is 5.21. The number of anilines is 1. The van der Waals surface area contributed by atoms with E-state index in [1.807, 2.05) is 24.3 Å². The van der Waals surface area contributed by atoms with Gasteiger partial charge in [0.05, 0.1) is 13.2 Å². The van der Waals surface area contributed by atoms with Crippen LogP contribution >= 0.6 is 12.2 Å². The average Bonchev–Trinajstić information content (AvgIpc) is 2.50. The molecule has 3 nitrogen and oxygen atoms in total. The number of hydrogen-bond donors (Lipinski definition) is 2. The van der Waals surface area contributed by atoms with E-state index in [-0.39, 0.29) is 6.04 Å². The number of thiocarbonyl (C=S) groups is 1. The molecule has 1 unspecified atom stereocenters. The van der Waals surface area contributed by atoms with Crippen LogP contribution < -0.4 is 15.4 Å². The van der Waals surface area contributed by atoms with Gasteiger partial charge in [-0.3, -0.25) is 0 Å². The van der Waals surface area contributed by atoms with Crippen LogP contribution in [0.15, 0.2) is 42.5 Å². The lowest BCUT2D eigenvalue weighted by Gasteiger charge is -2.18. The van der Waals surface area contributed by atoms with Crippen molar-refractivity contribution < 1.29 is 4.74 Å². The molecule has 1 atom stereocenters. The monoisotopic (exact) mass is 314 g/mol. The molecule has 0 saturated carbocycles. The van der Waals surface area contributed by atoms with Crippen LogP contribution in [-0.4, -0.2) is 12.2 Å². The number of ether oxygens (including phenoxy) is 1. The molecule has 2 aromatic rings. The van der Waals surface area contributed by atoms with Crippen molar-refractivity contribution in [2.24, 2.45) is 0 Å². The minimum absolute atomic E-state index is 0.143. The Morgan fingerprint density at radius 1 is 1.09 bits per heavy atom. The summed E-state index contributed by atoms with van der Waals surface area (Å²) in [5.74, 6) is 0.801. The normalized spacial score (nSPS) is 11.6. The van der Waals surface area contributed by atoms with Gasteiger partial charge in [0.1, 0.15) is 5.75 Å². The third kappa shape index (κ3) is 4.21. The van der Waals surface area contributed by atoms with Crippen molar-refractivity contribution >= 4 is 23.0 Å². The summed E-state index contributed by atoms with van der Waals surface area (Å²) in [7, 11) is 1.65. The van der Waals surface area contributed by atoms with Crippen LogP contribution in [-0.2, 0) is 0 Å². The molecule has 0 bridgehead atoms. The molecule has 0 radical (unpaired) electrons. The topological polar surface area (TPSA) is 33.3 Å². The molecular weight excluding hydrogens is 292 g/mol. The first-order valence-corrected chi connectivity index (χ1v) is 7.69. The van der Waals surface area contributed by atoms with Crippen LogP contribution in [0.1, 0.15) is 29.7 Å². The number of methoxy groups -OCH3 is 1. The number of aryl methyl sites for hydroxylation is 2. The Morgan fingerprint density at radius 2 is 1.86 bits per heavy atom. The fourth-order valence-corrected chi connectivity index (χ4v) is 2.48. The van der Waals surface area contributed by atoms with Gasteiger partial charge in [0.25, 0.3) is 0 Å². The second kappa shape index (κ2) is 7.27. The second-order valence-electron chi connectivity index (χ2n) is 5.40. The van der Waals surface area contributed by atoms with Gasteiger partial charge in [-0.15, -0.1) is 0 Å². The van der Waals surface area contributed by atoms with Gasteiger partial charge in [0, 0.05) is 11.8 Å². The predicted molar refractivity (Wildman–Crippen MR) is 96.7 cm³/mol. The summed E-state index contributed by atoms with van der Waals surface area (Å²) in [6.45, 7) is 6.34. The van der Waals surface area contributed by atoms with Crippen LogP contribution in [0.25, 0.3) is 0 Å². The largest absolute Gasteiger partial charge is 0.497 e. The number of rotatable bonds is 4. The van der Waals surface area contributed by atoms with E-state index in [1.165, 1.54) is 16.7 Å². The van der Waals surface area contributed by atoms with E-state index in [1.54, 1.807) is 7.11 Å². The van der Waals surface area contributed by atoms with Crippen molar-refractivity contribution in [3.63, 3.8) is 0 Å². The Kier molecular flexibility index (Phi) is 5.39. The summed E-state index contributed by atoms with van der Waals surface area (Å²) in [5.41, 5.74) is 4.72. The van der Waals surface area contributed by atoms with Gasteiger partial charge in [-0.25, -0.2) is 0 Å². The highest BCUT2D eigenvalue weighted by Crippen LogP contribution is 2.19. The van der Waals surface area contributed by atoms with E-state index in [0.717, 1.165) is 11.4 Å². The molecule has 0 fully saturated rings. The van der Waals surface area contributed by atoms with E-state index in [2.05, 4.69) is 49.6 Å². The van der Waals surface area contributed by atoms with Crippen molar-refractivity contribution in [3.05, 3.63) is 59.2 Å². The highest BCUT2D eigenvalue weighted by Gasteiger charge is 2.08. The van der Waals surface area contributed by atoms with Crippen molar-refractivity contribution in [2.75, 3.05) is 12.4 Å². The highest BCUT2D eigenvalue weighted by molar-refractivity contribution is 7.80. The Hall–Kier alpha value is -2.07. The average molecular weight is 314 g/mol. The zero-order valence-corrected chi connectivity index (χ0v) is 14.3. The summed E-state index contributed by atoms with van der Waals surface area (Å²) in [6, 6.07) is 14.3. The first-order valence-electron chi connectivity index (χ1n) is 7.28. The molecule has 2 N–H and O–H groups in total. The molecule has 0 aliphatic carbocycles. The Labute approximate surface area is 137 Å². The lowest BCUT2D eigenvalue weighted by Crippen LogP contribution is -2.30. The Bertz CT molecular complexity index is 670. The van der Waals surface area contributed by atoms with Crippen LogP contribution in [0.2, 0.25) is 0 Å². The maximum absolute atomic E-state index is 5.39. The van der Waals surface area contributed by atoms with E-state index >= 15 is 0 Å². The molecule has 0 spiro atoms. The van der Waals surface area contributed by atoms with Crippen LogP contribution in [0.4, 0.5) is 5.69 Å². The minimum Gasteiger partial charge on any atom is -0.497 e. The van der Waals surface area contributed by atoms with Gasteiger partial charge in [-0.1, -0.05) is 24.3 Å². The molecule has 116 valence electrons. The van der Waals surface area contributed by atoms with Crippen LogP contribution in [0, 0.1) is 13.8 Å². The van der Waals surface area contributed by atoms with Gasteiger partial charge in [-0.2, -0.15) is 0 Å². The standard InChI is InChI=1S/C18H22N2OS/c1-12-8-9-15(10-13(12)2)14(3)19-18(22)20-16-6-5-7-17(11-16)21-4/h5-11,14H,1-4H3,(H2,19,20,22). The summed E-state index contributed by atoms with van der Waals surface area (Å²) >= 11 is 5.39. The molecule has 0 aliphatic heterocycles. The SMILES string of the molecule is COc1cccc(NC(=S)NC(C)c2ccc(C)c(C)c2)c1. The summed E-state index contributed by atoms with van der Waals surface area (Å²) in [4.78, 5) is 0. The fourth-order valence-electron chi connectivity index (χ4n) is 2.18. The predicted octanol–water partition coefficient (Wildman–Crippen LogP) is 4.36. The third-order valence-corrected chi connectivity index (χ3v) is 3.93. The fraction of sp³-hybridized carbons (Fsp3) is 0.278. The van der Waals surface area contributed by atoms with Crippen molar-refractivity contribution in [1.82, 2.24) is 5.32 Å². The molecule has 0 amide bonds. The lowest BCUT2D eigenvalue weighted by atomic mass is 10.0. The van der Waals surface area contributed by atoms with Crippen LogP contribution in [0.5, 0.6) is 5.75 Å². The smallest absolute Gasteiger partial charge is 0.171 e. The highest BCUT2D eigenvalue weighted by atomic mass is 32.1. The quantitative estimate of drug-likeness (QED) is 0.822. The van der Waals surface area contributed by atoms with E-state index in [9.17, 15) is 0 Å². The molecule has 4 heteroatoms. The number of benzene rings is 2. The van der Waals surface area contributed by atoms with Crippen molar-refractivity contribution in [1.29, 1.82) is 0 Å². The van der Waals surface area contributed by atoms with E-state index in [4.69, 9.17) is 17.0 Å². The lowest BCUT2D eigenvalue weighted by molar-refractivity contribution is 0.415. The summed E-state index contributed by atoms with van der Waals surface area (Å²) in [6.07, 6.45) is 0. The minimum atomic E-state index is 0.143. The Balaban J connectivity index is 2.00. The molecule has 2 rings (SSSR count). The molecular formula is C18H22N2OS. The number of nitrogens with one attached hydrogen (secondary N) is 2. The summed E-state index contributed by atoms with van der Waals surface area (Å²) in [5, 5.41) is 7.09. The second-order valence-corrected chi connectivity index (χ2v) is 5.80. The van der Waals surface area contributed by atoms with Crippen molar-refractivity contribution in [3.8, 4) is 5.75 Å². The van der Waals surface area contributed by atoms with Gasteiger partial charge in [-0.05, 0) is 61.8 Å². The molecule has 2 aromatic carbocycles. The molecule has 0 aromatic heterocycles. The van der Waals surface area contributed by atoms with Crippen molar-refractivity contribution in [2.45, 2.75) is 26.8 Å². The third-order valence-electron chi connectivity index (χ3n) is 3.71. The first kappa shape index (κ1) is 16.3. The van der Waals surface area contributed by atoms with Gasteiger partial charge in [0.2, 0.25) is 0 Å². The molecule has 0 heterocycles. The maximum Gasteiger partial charge on any atom is 0.171 e. The van der Waals surface area contributed by atoms with Crippen LogP contribution in [0.3, 0.4) is 0 Å².